The van der Waals surface area contributed by atoms with Gasteiger partial charge in [-0.25, -0.2) is 4.79 Å². The molecule has 2 fully saturated rings. The predicted octanol–water partition coefficient (Wildman–Crippen LogP) is 4.75. The van der Waals surface area contributed by atoms with Gasteiger partial charge in [0.25, 0.3) is 0 Å². The SMILES string of the molecule is CC1(C)OC2OC(COC(=O)c3ccccc3)(N(Cc3ccccc3)Cc3ccccc3)C2O1. The molecule has 2 aliphatic rings. The van der Waals surface area contributed by atoms with Gasteiger partial charge in [0, 0.05) is 13.1 Å². The monoisotopic (exact) mass is 459 g/mol. The van der Waals surface area contributed by atoms with E-state index in [1.807, 2.05) is 68.4 Å². The van der Waals surface area contributed by atoms with E-state index < -0.39 is 29.9 Å². The molecule has 0 N–H and O–H groups in total. The molecule has 176 valence electrons. The van der Waals surface area contributed by atoms with Crippen LogP contribution in [0.2, 0.25) is 0 Å². The summed E-state index contributed by atoms with van der Waals surface area (Å²) < 4.78 is 24.4. The smallest absolute Gasteiger partial charge is 0.338 e. The van der Waals surface area contributed by atoms with Crippen LogP contribution < -0.4 is 0 Å². The highest BCUT2D eigenvalue weighted by Gasteiger charge is 2.67. The van der Waals surface area contributed by atoms with Gasteiger partial charge >= 0.3 is 5.97 Å². The molecule has 0 aromatic heterocycles. The second kappa shape index (κ2) is 9.31. The van der Waals surface area contributed by atoms with Crippen LogP contribution in [0.3, 0.4) is 0 Å². The zero-order valence-electron chi connectivity index (χ0n) is 19.4. The zero-order valence-corrected chi connectivity index (χ0v) is 19.4. The first kappa shape index (κ1) is 22.7. The van der Waals surface area contributed by atoms with Crippen molar-refractivity contribution in [2.75, 3.05) is 6.61 Å². The molecule has 6 heteroatoms. The van der Waals surface area contributed by atoms with E-state index in [-0.39, 0.29) is 6.61 Å². The lowest BCUT2D eigenvalue weighted by Crippen LogP contribution is -2.73. The second-order valence-electron chi connectivity index (χ2n) is 9.16. The molecule has 0 radical (unpaired) electrons. The summed E-state index contributed by atoms with van der Waals surface area (Å²) >= 11 is 0. The maximum atomic E-state index is 12.8. The number of carbonyl (C=O) groups is 1. The van der Waals surface area contributed by atoms with E-state index in [2.05, 4.69) is 29.2 Å². The first-order valence-corrected chi connectivity index (χ1v) is 11.5. The summed E-state index contributed by atoms with van der Waals surface area (Å²) in [6.45, 7) is 4.93. The van der Waals surface area contributed by atoms with Crippen molar-refractivity contribution in [2.45, 2.75) is 50.8 Å². The summed E-state index contributed by atoms with van der Waals surface area (Å²) in [5, 5.41) is 0. The van der Waals surface area contributed by atoms with Crippen LogP contribution >= 0.6 is 0 Å². The molecule has 3 aromatic carbocycles. The lowest BCUT2D eigenvalue weighted by molar-refractivity contribution is -0.380. The Bertz CT molecular complexity index is 1060. The second-order valence-corrected chi connectivity index (χ2v) is 9.16. The summed E-state index contributed by atoms with van der Waals surface area (Å²) in [5.41, 5.74) is 1.75. The molecule has 3 aromatic rings. The van der Waals surface area contributed by atoms with Crippen molar-refractivity contribution in [3.05, 3.63) is 108 Å². The highest BCUT2D eigenvalue weighted by atomic mass is 16.9. The highest BCUT2D eigenvalue weighted by molar-refractivity contribution is 5.89. The van der Waals surface area contributed by atoms with Crippen LogP contribution in [-0.4, -0.2) is 41.4 Å². The highest BCUT2D eigenvalue weighted by Crippen LogP contribution is 2.48. The molecule has 5 rings (SSSR count). The lowest BCUT2D eigenvalue weighted by atomic mass is 9.96. The molecule has 34 heavy (non-hydrogen) atoms. The van der Waals surface area contributed by atoms with E-state index >= 15 is 0 Å². The summed E-state index contributed by atoms with van der Waals surface area (Å²) in [4.78, 5) is 15.0. The Balaban J connectivity index is 1.46. The van der Waals surface area contributed by atoms with Gasteiger partial charge in [-0.1, -0.05) is 78.9 Å². The average molecular weight is 460 g/mol. The van der Waals surface area contributed by atoms with E-state index in [9.17, 15) is 4.79 Å². The van der Waals surface area contributed by atoms with E-state index in [1.54, 1.807) is 12.1 Å². The van der Waals surface area contributed by atoms with Crippen molar-refractivity contribution in [1.29, 1.82) is 0 Å². The van der Waals surface area contributed by atoms with Crippen molar-refractivity contribution >= 4 is 5.97 Å². The molecule has 2 aliphatic heterocycles. The quantitative estimate of drug-likeness (QED) is 0.453. The number of esters is 1. The summed E-state index contributed by atoms with van der Waals surface area (Å²) in [6.07, 6.45) is -0.919. The van der Waals surface area contributed by atoms with Crippen molar-refractivity contribution < 1.29 is 23.7 Å². The van der Waals surface area contributed by atoms with Gasteiger partial charge in [0.1, 0.15) is 6.61 Å². The largest absolute Gasteiger partial charge is 0.457 e. The number of hydrogen-bond acceptors (Lipinski definition) is 6. The molecule has 3 atom stereocenters. The Morgan fingerprint density at radius 2 is 1.32 bits per heavy atom. The molecule has 6 nitrogen and oxygen atoms in total. The fourth-order valence-electron chi connectivity index (χ4n) is 4.54. The molecule has 0 aliphatic carbocycles. The number of fused-ring (bicyclic) bond motifs is 1. The van der Waals surface area contributed by atoms with Gasteiger partial charge in [-0.15, -0.1) is 0 Å². The number of nitrogens with zero attached hydrogens (tertiary/aromatic N) is 1. The van der Waals surface area contributed by atoms with Crippen LogP contribution in [0.15, 0.2) is 91.0 Å². The molecule has 3 unspecified atom stereocenters. The van der Waals surface area contributed by atoms with Gasteiger partial charge < -0.3 is 18.9 Å². The summed E-state index contributed by atoms with van der Waals surface area (Å²) in [6, 6.07) is 29.3. The van der Waals surface area contributed by atoms with Crippen molar-refractivity contribution in [1.82, 2.24) is 4.90 Å². The summed E-state index contributed by atoms with van der Waals surface area (Å²) in [7, 11) is 0. The Morgan fingerprint density at radius 1 is 0.794 bits per heavy atom. The number of rotatable bonds is 8. The fourth-order valence-corrected chi connectivity index (χ4v) is 4.54. The van der Waals surface area contributed by atoms with Crippen molar-refractivity contribution in [2.24, 2.45) is 0 Å². The van der Waals surface area contributed by atoms with E-state index in [0.717, 1.165) is 11.1 Å². The van der Waals surface area contributed by atoms with Gasteiger partial charge in [-0.3, -0.25) is 4.90 Å². The van der Waals surface area contributed by atoms with Gasteiger partial charge in [0.05, 0.1) is 5.56 Å². The van der Waals surface area contributed by atoms with Crippen LogP contribution in [-0.2, 0) is 32.0 Å². The van der Waals surface area contributed by atoms with Gasteiger partial charge in [-0.2, -0.15) is 0 Å². The zero-order chi connectivity index (χ0) is 23.6. The van der Waals surface area contributed by atoms with E-state index in [4.69, 9.17) is 18.9 Å². The Hall–Kier alpha value is -3.03. The molecular weight excluding hydrogens is 430 g/mol. The maximum absolute atomic E-state index is 12.8. The van der Waals surface area contributed by atoms with Gasteiger partial charge in [-0.05, 0) is 37.1 Å². The summed E-state index contributed by atoms with van der Waals surface area (Å²) in [5.74, 6) is -1.18. The minimum atomic E-state index is -0.992. The van der Waals surface area contributed by atoms with Crippen molar-refractivity contribution in [3.8, 4) is 0 Å². The van der Waals surface area contributed by atoms with E-state index in [0.29, 0.717) is 18.7 Å². The molecular formula is C28H29NO5. The minimum absolute atomic E-state index is 0.0149. The van der Waals surface area contributed by atoms with Gasteiger partial charge in [0.2, 0.25) is 0 Å². The van der Waals surface area contributed by atoms with Crippen molar-refractivity contribution in [3.63, 3.8) is 0 Å². The first-order valence-electron chi connectivity index (χ1n) is 11.5. The third-order valence-electron chi connectivity index (χ3n) is 6.21. The number of ether oxygens (including phenoxy) is 4. The third kappa shape index (κ3) is 4.63. The Morgan fingerprint density at radius 3 is 1.85 bits per heavy atom. The number of hydrogen-bond donors (Lipinski definition) is 0. The average Bonchev–Trinajstić information content (AvgIpc) is 3.11. The third-order valence-corrected chi connectivity index (χ3v) is 6.21. The minimum Gasteiger partial charge on any atom is -0.457 e. The molecule has 0 saturated carbocycles. The van der Waals surface area contributed by atoms with Crippen LogP contribution in [0.1, 0.15) is 35.3 Å². The van der Waals surface area contributed by atoms with E-state index in [1.165, 1.54) is 0 Å². The molecule has 0 amide bonds. The first-order chi connectivity index (χ1) is 16.5. The standard InChI is InChI=1S/C28H29NO5/c1-27(2)32-24-26(33-27)34-28(24,20-31-25(30)23-16-10-5-11-17-23)29(18-21-12-6-3-7-13-21)19-22-14-8-4-9-15-22/h3-17,24,26H,18-20H2,1-2H3. The molecule has 2 heterocycles. The van der Waals surface area contributed by atoms with Crippen LogP contribution in [0, 0.1) is 0 Å². The number of carbonyl (C=O) groups excluding carboxylic acids is 1. The maximum Gasteiger partial charge on any atom is 0.338 e. The molecule has 2 saturated heterocycles. The fraction of sp³-hybridized carbons (Fsp3) is 0.321. The topological polar surface area (TPSA) is 57.2 Å². The van der Waals surface area contributed by atoms with Crippen LogP contribution in [0.5, 0.6) is 0 Å². The van der Waals surface area contributed by atoms with Crippen LogP contribution in [0.25, 0.3) is 0 Å². The Labute approximate surface area is 200 Å². The molecule has 0 bridgehead atoms. The number of benzene rings is 3. The Kier molecular flexibility index (Phi) is 6.23. The molecule has 0 spiro atoms. The predicted molar refractivity (Wildman–Crippen MR) is 126 cm³/mol. The van der Waals surface area contributed by atoms with Gasteiger partial charge in [0.15, 0.2) is 23.9 Å². The normalized spacial score (nSPS) is 24.9. The van der Waals surface area contributed by atoms with Crippen LogP contribution in [0.4, 0.5) is 0 Å². The lowest BCUT2D eigenvalue weighted by Gasteiger charge is -2.54.